The predicted molar refractivity (Wildman–Crippen MR) is 75.7 cm³/mol. The summed E-state index contributed by atoms with van der Waals surface area (Å²) in [6, 6.07) is 6.85. The Morgan fingerprint density at radius 3 is 2.28 bits per heavy atom. The third-order valence-electron chi connectivity index (χ3n) is 2.19. The van der Waals surface area contributed by atoms with Crippen LogP contribution >= 0.6 is 46.4 Å². The van der Waals surface area contributed by atoms with Gasteiger partial charge in [0.05, 0.1) is 12.5 Å². The van der Waals surface area contributed by atoms with Gasteiger partial charge in [0.15, 0.2) is 5.17 Å². The molecule has 1 rings (SSSR count). The largest absolute Gasteiger partial charge is 0.494 e. The summed E-state index contributed by atoms with van der Waals surface area (Å²) in [6.07, 6.45) is 0. The highest BCUT2D eigenvalue weighted by Gasteiger charge is 2.37. The average molecular weight is 331 g/mol. The van der Waals surface area contributed by atoms with E-state index >= 15 is 0 Å². The number of oxime groups is 1. The lowest BCUT2D eigenvalue weighted by Crippen LogP contribution is -2.22. The van der Waals surface area contributed by atoms with E-state index in [1.165, 1.54) is 0 Å². The Balaban J connectivity index is 3.07. The molecule has 7 heteroatoms. The maximum Gasteiger partial charge on any atom is 0.203 e. The molecule has 0 aliphatic rings. The molecular weight excluding hydrogens is 320 g/mol. The first kappa shape index (κ1) is 15.7. The molecule has 0 radical (unpaired) electrons. The van der Waals surface area contributed by atoms with E-state index < -0.39 is 9.71 Å². The Hall–Kier alpha value is -0.350. The molecule has 0 saturated heterocycles. The molecule has 0 spiro atoms. The summed E-state index contributed by atoms with van der Waals surface area (Å²) < 4.78 is 3.59. The van der Waals surface area contributed by atoms with Gasteiger partial charge in [0, 0.05) is 0 Å². The third kappa shape index (κ3) is 4.09. The Bertz CT molecular complexity index is 414. The van der Waals surface area contributed by atoms with E-state index in [2.05, 4.69) is 5.16 Å². The Morgan fingerprint density at radius 1 is 1.33 bits per heavy atom. The van der Waals surface area contributed by atoms with Gasteiger partial charge in [-0.15, -0.1) is 0 Å². The molecule has 18 heavy (non-hydrogen) atoms. The zero-order chi connectivity index (χ0) is 13.8. The molecule has 0 bridgehead atoms. The van der Waals surface area contributed by atoms with Crippen LogP contribution in [-0.4, -0.2) is 20.8 Å². The second-order valence-corrected chi connectivity index (χ2v) is 6.16. The summed E-state index contributed by atoms with van der Waals surface area (Å²) in [6.45, 7) is 2.44. The van der Waals surface area contributed by atoms with E-state index in [1.54, 1.807) is 24.3 Å². The summed E-state index contributed by atoms with van der Waals surface area (Å²) in [5.41, 5.74) is 0.612. The number of nitrogens with zero attached hydrogens (tertiary/aromatic N) is 1. The maximum absolute atomic E-state index is 8.72. The van der Waals surface area contributed by atoms with Gasteiger partial charge in [0.25, 0.3) is 0 Å². The van der Waals surface area contributed by atoms with Crippen molar-refractivity contribution >= 4 is 51.6 Å². The fourth-order valence-electron chi connectivity index (χ4n) is 1.44. The van der Waals surface area contributed by atoms with Gasteiger partial charge in [-0.25, -0.2) is 0 Å². The molecule has 0 aliphatic carbocycles. The van der Waals surface area contributed by atoms with E-state index in [9.17, 15) is 0 Å². The highest BCUT2D eigenvalue weighted by Crippen LogP contribution is 2.43. The summed E-state index contributed by atoms with van der Waals surface area (Å²) in [7, 11) is 0. The van der Waals surface area contributed by atoms with Gasteiger partial charge >= 0.3 is 0 Å². The van der Waals surface area contributed by atoms with E-state index in [0.717, 1.165) is 0 Å². The first-order valence-corrected chi connectivity index (χ1v) is 6.58. The van der Waals surface area contributed by atoms with Crippen LogP contribution in [0.25, 0.3) is 0 Å². The Morgan fingerprint density at radius 2 is 1.89 bits per heavy atom. The van der Waals surface area contributed by atoms with Crippen LogP contribution in [0, 0.1) is 0 Å². The van der Waals surface area contributed by atoms with E-state index in [4.69, 9.17) is 56.3 Å². The lowest BCUT2D eigenvalue weighted by molar-refractivity contribution is 0.318. The second-order valence-electron chi connectivity index (χ2n) is 3.40. The van der Waals surface area contributed by atoms with Crippen LogP contribution in [-0.2, 0) is 0 Å². The molecule has 0 unspecified atom stereocenters. The van der Waals surface area contributed by atoms with Crippen molar-refractivity contribution in [1.82, 2.24) is 0 Å². The predicted octanol–water partition coefficient (Wildman–Crippen LogP) is 4.57. The molecule has 0 saturated carbocycles. The fraction of sp³-hybridized carbons (Fsp3) is 0.364. The van der Waals surface area contributed by atoms with Crippen LogP contribution in [0.3, 0.4) is 0 Å². The van der Waals surface area contributed by atoms with Crippen molar-refractivity contribution in [1.29, 1.82) is 0 Å². The number of alkyl halides is 3. The van der Waals surface area contributed by atoms with Gasteiger partial charge in [-0.3, -0.25) is 0 Å². The standard InChI is InChI=1S/C11H11Cl4NO2/c1-2-18-8-5-3-7(4-6-8)9(10(12)16-17)11(13,14)15/h3-6,9,17H,2H2,1H3/b16-10+/t9-/m1/s1. The van der Waals surface area contributed by atoms with Crippen LogP contribution < -0.4 is 4.74 Å². The van der Waals surface area contributed by atoms with Gasteiger partial charge in [-0.05, 0) is 24.6 Å². The molecule has 1 N–H and O–H groups in total. The van der Waals surface area contributed by atoms with Gasteiger partial charge < -0.3 is 9.94 Å². The van der Waals surface area contributed by atoms with Crippen LogP contribution in [0.4, 0.5) is 0 Å². The van der Waals surface area contributed by atoms with Crippen LogP contribution in [0.2, 0.25) is 0 Å². The molecule has 0 fully saturated rings. The minimum absolute atomic E-state index is 0.195. The van der Waals surface area contributed by atoms with Gasteiger partial charge in [-0.1, -0.05) is 63.7 Å². The molecule has 1 aromatic rings. The van der Waals surface area contributed by atoms with Crippen molar-refractivity contribution in [3.8, 4) is 5.75 Å². The highest BCUT2D eigenvalue weighted by atomic mass is 35.6. The van der Waals surface area contributed by atoms with Crippen molar-refractivity contribution in [2.45, 2.75) is 16.6 Å². The molecule has 0 aromatic heterocycles. The van der Waals surface area contributed by atoms with Crippen molar-refractivity contribution in [3.63, 3.8) is 0 Å². The van der Waals surface area contributed by atoms with Crippen LogP contribution in [0.15, 0.2) is 29.4 Å². The van der Waals surface area contributed by atoms with E-state index in [-0.39, 0.29) is 5.17 Å². The van der Waals surface area contributed by atoms with E-state index in [0.29, 0.717) is 17.9 Å². The molecule has 1 aromatic carbocycles. The summed E-state index contributed by atoms with van der Waals surface area (Å²) in [5.74, 6) is -0.147. The SMILES string of the molecule is CCOc1ccc([C@H](/C(Cl)=N\O)C(Cl)(Cl)Cl)cc1. The molecule has 100 valence electrons. The van der Waals surface area contributed by atoms with Crippen LogP contribution in [0.1, 0.15) is 18.4 Å². The van der Waals surface area contributed by atoms with E-state index in [1.807, 2.05) is 6.92 Å². The zero-order valence-electron chi connectivity index (χ0n) is 9.41. The maximum atomic E-state index is 8.72. The fourth-order valence-corrected chi connectivity index (χ4v) is 2.59. The van der Waals surface area contributed by atoms with Crippen molar-refractivity contribution in [2.75, 3.05) is 6.61 Å². The number of ether oxygens (including phenoxy) is 1. The first-order valence-electron chi connectivity index (χ1n) is 5.07. The lowest BCUT2D eigenvalue weighted by atomic mass is 10.0. The quantitative estimate of drug-likeness (QED) is 0.380. The summed E-state index contributed by atoms with van der Waals surface area (Å²) in [5, 5.41) is 11.4. The number of benzene rings is 1. The second kappa shape index (κ2) is 6.71. The number of rotatable bonds is 4. The monoisotopic (exact) mass is 329 g/mol. The van der Waals surface area contributed by atoms with Gasteiger partial charge in [-0.2, -0.15) is 0 Å². The summed E-state index contributed by atoms with van der Waals surface area (Å²) in [4.78, 5) is 0. The third-order valence-corrected chi connectivity index (χ3v) is 3.13. The number of hydrogen-bond donors (Lipinski definition) is 1. The smallest absolute Gasteiger partial charge is 0.203 e. The van der Waals surface area contributed by atoms with Crippen molar-refractivity contribution in [3.05, 3.63) is 29.8 Å². The lowest BCUT2D eigenvalue weighted by Gasteiger charge is -2.22. The van der Waals surface area contributed by atoms with Crippen molar-refractivity contribution in [2.24, 2.45) is 5.16 Å². The molecule has 1 atom stereocenters. The molecule has 0 heterocycles. The molecule has 0 aliphatic heterocycles. The molecule has 0 amide bonds. The van der Waals surface area contributed by atoms with Gasteiger partial charge in [0.2, 0.25) is 3.79 Å². The topological polar surface area (TPSA) is 41.8 Å². The Labute approximate surface area is 125 Å². The first-order chi connectivity index (χ1) is 8.40. The minimum Gasteiger partial charge on any atom is -0.494 e. The number of hydrogen-bond acceptors (Lipinski definition) is 3. The molecule has 3 nitrogen and oxygen atoms in total. The number of halogens is 4. The van der Waals surface area contributed by atoms with Crippen molar-refractivity contribution < 1.29 is 9.94 Å². The highest BCUT2D eigenvalue weighted by molar-refractivity contribution is 6.74. The molecular formula is C11H11Cl4NO2. The summed E-state index contributed by atoms with van der Waals surface area (Å²) >= 11 is 23.3. The van der Waals surface area contributed by atoms with Crippen LogP contribution in [0.5, 0.6) is 5.75 Å². The Kier molecular flexibility index (Phi) is 5.86. The average Bonchev–Trinajstić information content (AvgIpc) is 2.30. The zero-order valence-corrected chi connectivity index (χ0v) is 12.4. The minimum atomic E-state index is -1.71. The van der Waals surface area contributed by atoms with Gasteiger partial charge in [0.1, 0.15) is 5.75 Å². The normalized spacial score (nSPS) is 14.4.